The highest BCUT2D eigenvalue weighted by molar-refractivity contribution is 5.82. The van der Waals surface area contributed by atoms with Crippen LogP contribution < -0.4 is 5.32 Å². The third-order valence-electron chi connectivity index (χ3n) is 3.51. The number of benzene rings is 1. The van der Waals surface area contributed by atoms with Gasteiger partial charge in [0, 0.05) is 26.2 Å². The number of esters is 1. The lowest BCUT2D eigenvalue weighted by molar-refractivity contribution is -0.150. The van der Waals surface area contributed by atoms with E-state index in [0.717, 1.165) is 18.4 Å². The van der Waals surface area contributed by atoms with E-state index in [1.54, 1.807) is 7.11 Å². The highest BCUT2D eigenvalue weighted by Crippen LogP contribution is 2.32. The van der Waals surface area contributed by atoms with E-state index in [1.165, 1.54) is 7.11 Å². The minimum Gasteiger partial charge on any atom is -0.467 e. The highest BCUT2D eigenvalue weighted by atomic mass is 16.5. The van der Waals surface area contributed by atoms with Crippen molar-refractivity contribution < 1.29 is 14.3 Å². The average molecular weight is 263 g/mol. The van der Waals surface area contributed by atoms with Crippen LogP contribution in [-0.2, 0) is 19.8 Å². The summed E-state index contributed by atoms with van der Waals surface area (Å²) in [4.78, 5) is 12.4. The molecule has 0 saturated heterocycles. The first-order chi connectivity index (χ1) is 9.23. The zero-order valence-electron chi connectivity index (χ0n) is 11.5. The first-order valence-electron chi connectivity index (χ1n) is 6.63. The van der Waals surface area contributed by atoms with Crippen LogP contribution in [0.15, 0.2) is 30.3 Å². The van der Waals surface area contributed by atoms with Gasteiger partial charge in [0.05, 0.1) is 7.11 Å². The van der Waals surface area contributed by atoms with Gasteiger partial charge in [0.1, 0.15) is 5.54 Å². The van der Waals surface area contributed by atoms with E-state index < -0.39 is 5.54 Å². The van der Waals surface area contributed by atoms with E-state index in [-0.39, 0.29) is 5.97 Å². The maximum Gasteiger partial charge on any atom is 0.330 e. The number of nitrogens with one attached hydrogen (secondary N) is 1. The third kappa shape index (κ3) is 3.14. The molecule has 0 radical (unpaired) electrons. The van der Waals surface area contributed by atoms with Crippen LogP contribution in [0.5, 0.6) is 0 Å². The highest BCUT2D eigenvalue weighted by Gasteiger charge is 2.44. The number of carbonyl (C=O) groups excluding carboxylic acids is 1. The summed E-state index contributed by atoms with van der Waals surface area (Å²) in [5, 5.41) is 3.45. The van der Waals surface area contributed by atoms with Crippen LogP contribution in [0.2, 0.25) is 0 Å². The van der Waals surface area contributed by atoms with Gasteiger partial charge in [0.2, 0.25) is 0 Å². The number of rotatable bonds is 7. The zero-order valence-corrected chi connectivity index (χ0v) is 11.5. The summed E-state index contributed by atoms with van der Waals surface area (Å²) < 4.78 is 10.2. The molecule has 0 aliphatic heterocycles. The SMILES string of the molecule is COCCC(NC1CC1)(C(=O)OC)c1ccccc1. The van der Waals surface area contributed by atoms with Gasteiger partial charge in [0.15, 0.2) is 0 Å². The topological polar surface area (TPSA) is 47.6 Å². The maximum atomic E-state index is 12.4. The summed E-state index contributed by atoms with van der Waals surface area (Å²) >= 11 is 0. The molecule has 1 N–H and O–H groups in total. The Morgan fingerprint density at radius 1 is 1.32 bits per heavy atom. The molecule has 1 atom stereocenters. The first kappa shape index (κ1) is 14.0. The van der Waals surface area contributed by atoms with Crippen LogP contribution >= 0.6 is 0 Å². The van der Waals surface area contributed by atoms with E-state index >= 15 is 0 Å². The monoisotopic (exact) mass is 263 g/mol. The molecule has 104 valence electrons. The second-order valence-electron chi connectivity index (χ2n) is 4.92. The fourth-order valence-corrected chi connectivity index (χ4v) is 2.31. The van der Waals surface area contributed by atoms with Crippen molar-refractivity contribution >= 4 is 5.97 Å². The number of methoxy groups -OCH3 is 2. The summed E-state index contributed by atoms with van der Waals surface area (Å²) in [6, 6.07) is 10.1. The normalized spacial score (nSPS) is 17.8. The van der Waals surface area contributed by atoms with E-state index in [2.05, 4.69) is 5.32 Å². The largest absolute Gasteiger partial charge is 0.467 e. The molecule has 19 heavy (non-hydrogen) atoms. The number of hydrogen-bond donors (Lipinski definition) is 1. The molecule has 0 heterocycles. The second-order valence-corrected chi connectivity index (χ2v) is 4.92. The zero-order chi connectivity index (χ0) is 13.7. The van der Waals surface area contributed by atoms with Crippen molar-refractivity contribution in [3.8, 4) is 0 Å². The van der Waals surface area contributed by atoms with Crippen molar-refractivity contribution in [3.63, 3.8) is 0 Å². The molecule has 1 fully saturated rings. The lowest BCUT2D eigenvalue weighted by Gasteiger charge is -2.32. The molecule has 1 saturated carbocycles. The molecule has 4 heteroatoms. The van der Waals surface area contributed by atoms with Gasteiger partial charge in [-0.25, -0.2) is 4.79 Å². The van der Waals surface area contributed by atoms with Gasteiger partial charge in [-0.2, -0.15) is 0 Å². The van der Waals surface area contributed by atoms with Crippen LogP contribution in [-0.4, -0.2) is 32.8 Å². The summed E-state index contributed by atoms with van der Waals surface area (Å²) in [6.07, 6.45) is 2.79. The minimum atomic E-state index is -0.798. The van der Waals surface area contributed by atoms with Gasteiger partial charge in [-0.05, 0) is 18.4 Å². The van der Waals surface area contributed by atoms with Crippen molar-refractivity contribution in [3.05, 3.63) is 35.9 Å². The Morgan fingerprint density at radius 2 is 2.00 bits per heavy atom. The summed E-state index contributed by atoms with van der Waals surface area (Å²) in [5.41, 5.74) is 0.138. The van der Waals surface area contributed by atoms with Crippen molar-refractivity contribution in [2.75, 3.05) is 20.8 Å². The standard InChI is InChI=1S/C15H21NO3/c1-18-11-10-15(14(17)19-2,16-13-8-9-13)12-6-4-3-5-7-12/h3-7,13,16H,8-11H2,1-2H3. The molecule has 0 bridgehead atoms. The van der Waals surface area contributed by atoms with Gasteiger partial charge in [-0.3, -0.25) is 5.32 Å². The Labute approximate surface area is 114 Å². The van der Waals surface area contributed by atoms with Gasteiger partial charge < -0.3 is 9.47 Å². The first-order valence-corrected chi connectivity index (χ1v) is 6.63. The molecule has 2 rings (SSSR count). The molecule has 0 aromatic heterocycles. The van der Waals surface area contributed by atoms with Crippen molar-refractivity contribution in [1.82, 2.24) is 5.32 Å². The predicted octanol–water partition coefficient (Wildman–Crippen LogP) is 1.84. The van der Waals surface area contributed by atoms with Crippen molar-refractivity contribution in [1.29, 1.82) is 0 Å². The van der Waals surface area contributed by atoms with Gasteiger partial charge >= 0.3 is 5.97 Å². The summed E-state index contributed by atoms with van der Waals surface area (Å²) in [7, 11) is 3.07. The smallest absolute Gasteiger partial charge is 0.330 e. The Kier molecular flexibility index (Phi) is 4.56. The van der Waals surface area contributed by atoms with E-state index in [1.807, 2.05) is 30.3 Å². The minimum absolute atomic E-state index is 0.248. The Morgan fingerprint density at radius 3 is 2.53 bits per heavy atom. The van der Waals surface area contributed by atoms with E-state index in [9.17, 15) is 4.79 Å². The lowest BCUT2D eigenvalue weighted by Crippen LogP contribution is -2.51. The molecular weight excluding hydrogens is 242 g/mol. The molecule has 1 aromatic carbocycles. The fourth-order valence-electron chi connectivity index (χ4n) is 2.31. The van der Waals surface area contributed by atoms with Crippen LogP contribution in [0.25, 0.3) is 0 Å². The van der Waals surface area contributed by atoms with Crippen LogP contribution in [0.4, 0.5) is 0 Å². The molecular formula is C15H21NO3. The molecule has 1 aromatic rings. The second kappa shape index (κ2) is 6.17. The summed E-state index contributed by atoms with van der Waals surface area (Å²) in [6.45, 7) is 0.504. The Balaban J connectivity index is 2.34. The lowest BCUT2D eigenvalue weighted by atomic mass is 9.86. The van der Waals surface area contributed by atoms with Crippen molar-refractivity contribution in [2.24, 2.45) is 0 Å². The van der Waals surface area contributed by atoms with E-state index in [0.29, 0.717) is 19.1 Å². The molecule has 0 amide bonds. The predicted molar refractivity (Wildman–Crippen MR) is 72.8 cm³/mol. The molecule has 1 aliphatic rings. The quantitative estimate of drug-likeness (QED) is 0.763. The summed E-state index contributed by atoms with van der Waals surface area (Å²) in [5.74, 6) is -0.248. The van der Waals surface area contributed by atoms with Crippen LogP contribution in [0.1, 0.15) is 24.8 Å². The average Bonchev–Trinajstić information content (AvgIpc) is 3.27. The molecule has 4 nitrogen and oxygen atoms in total. The molecule has 0 spiro atoms. The number of hydrogen-bond acceptors (Lipinski definition) is 4. The van der Waals surface area contributed by atoms with Gasteiger partial charge in [-0.15, -0.1) is 0 Å². The van der Waals surface area contributed by atoms with E-state index in [4.69, 9.17) is 9.47 Å². The molecule has 1 aliphatic carbocycles. The third-order valence-corrected chi connectivity index (χ3v) is 3.51. The molecule has 1 unspecified atom stereocenters. The fraction of sp³-hybridized carbons (Fsp3) is 0.533. The van der Waals surface area contributed by atoms with Crippen LogP contribution in [0, 0.1) is 0 Å². The van der Waals surface area contributed by atoms with Gasteiger partial charge in [0.25, 0.3) is 0 Å². The maximum absolute atomic E-state index is 12.4. The Hall–Kier alpha value is -1.39. The van der Waals surface area contributed by atoms with Crippen LogP contribution in [0.3, 0.4) is 0 Å². The number of carbonyl (C=O) groups is 1. The Bertz CT molecular complexity index is 417. The number of ether oxygens (including phenoxy) is 2. The van der Waals surface area contributed by atoms with Crippen molar-refractivity contribution in [2.45, 2.75) is 30.8 Å². The van der Waals surface area contributed by atoms with Gasteiger partial charge in [-0.1, -0.05) is 30.3 Å².